The summed E-state index contributed by atoms with van der Waals surface area (Å²) in [6.45, 7) is 0.0884. The van der Waals surface area contributed by atoms with Crippen LogP contribution in [0.15, 0.2) is 65.6 Å². The predicted octanol–water partition coefficient (Wildman–Crippen LogP) is 3.40. The highest BCUT2D eigenvalue weighted by Crippen LogP contribution is 2.36. The van der Waals surface area contributed by atoms with Gasteiger partial charge in [-0.05, 0) is 17.7 Å². The molecule has 3 rings (SSSR count). The number of nitrogens with zero attached hydrogens (tertiary/aromatic N) is 1. The third-order valence-electron chi connectivity index (χ3n) is 4.72. The topological polar surface area (TPSA) is 80.1 Å². The first kappa shape index (κ1) is 21.7. The Kier molecular flexibility index (Phi) is 8.02. The fraction of sp³-hybridized carbons (Fsp3) is 0.429. The first-order valence-electron chi connectivity index (χ1n) is 9.32. The Bertz CT molecular complexity index is 762. The fourth-order valence-electron chi connectivity index (χ4n) is 3.37. The van der Waals surface area contributed by atoms with Gasteiger partial charge in [-0.2, -0.15) is 0 Å². The molecular formula is C21H25NO6S. The highest BCUT2D eigenvalue weighted by molar-refractivity contribution is 8.00. The van der Waals surface area contributed by atoms with Crippen molar-refractivity contribution in [2.45, 2.75) is 41.4 Å². The molecule has 0 radical (unpaired) electrons. The molecule has 0 aromatic heterocycles. The second kappa shape index (κ2) is 10.7. The third-order valence-corrected chi connectivity index (χ3v) is 5.99. The molecule has 1 saturated heterocycles. The van der Waals surface area contributed by atoms with Gasteiger partial charge in [0.25, 0.3) is 0 Å². The van der Waals surface area contributed by atoms with E-state index in [0.29, 0.717) is 6.61 Å². The van der Waals surface area contributed by atoms with E-state index in [-0.39, 0.29) is 11.5 Å². The maximum atomic E-state index is 11.4. The molecule has 1 aliphatic heterocycles. The van der Waals surface area contributed by atoms with Crippen LogP contribution in [0.4, 0.5) is 0 Å². The number of benzene rings is 2. The van der Waals surface area contributed by atoms with Crippen molar-refractivity contribution in [3.8, 4) is 0 Å². The van der Waals surface area contributed by atoms with E-state index in [4.69, 9.17) is 18.9 Å². The van der Waals surface area contributed by atoms with Crippen LogP contribution in [0.2, 0.25) is 0 Å². The molecule has 1 aliphatic rings. The van der Waals surface area contributed by atoms with E-state index in [1.165, 1.54) is 18.9 Å². The van der Waals surface area contributed by atoms with E-state index < -0.39 is 29.9 Å². The molecule has 1 fully saturated rings. The van der Waals surface area contributed by atoms with Crippen molar-refractivity contribution < 1.29 is 23.9 Å². The molecule has 156 valence electrons. The quantitative estimate of drug-likeness (QED) is 0.332. The maximum absolute atomic E-state index is 11.4. The van der Waals surface area contributed by atoms with Gasteiger partial charge in [-0.1, -0.05) is 48.5 Å². The molecule has 0 N–H and O–H groups in total. The first-order chi connectivity index (χ1) is 14.1. The lowest BCUT2D eigenvalue weighted by atomic mass is 10.1. The van der Waals surface area contributed by atoms with E-state index in [2.05, 4.69) is 0 Å². The lowest BCUT2D eigenvalue weighted by molar-refractivity contribution is -0.481. The SMILES string of the molecule is CO[C@H]1O[C@H]([C@@H](C[N+](=O)[O-])Sc2ccccc2)[C@H](OCc2ccccc2)[C@H]1OC. The summed E-state index contributed by atoms with van der Waals surface area (Å²) in [6, 6.07) is 19.3. The Morgan fingerprint density at radius 1 is 1.03 bits per heavy atom. The highest BCUT2D eigenvalue weighted by Gasteiger charge is 2.50. The molecular weight excluding hydrogens is 394 g/mol. The van der Waals surface area contributed by atoms with Crippen LogP contribution in [0.25, 0.3) is 0 Å². The molecule has 1 heterocycles. The fourth-order valence-corrected chi connectivity index (χ4v) is 4.58. The lowest BCUT2D eigenvalue weighted by Crippen LogP contribution is -2.43. The van der Waals surface area contributed by atoms with Gasteiger partial charge in [0.1, 0.15) is 23.6 Å². The summed E-state index contributed by atoms with van der Waals surface area (Å²) in [4.78, 5) is 12.0. The first-order valence-corrected chi connectivity index (χ1v) is 10.2. The second-order valence-electron chi connectivity index (χ2n) is 6.65. The zero-order valence-corrected chi connectivity index (χ0v) is 17.2. The molecule has 0 aliphatic carbocycles. The monoisotopic (exact) mass is 419 g/mol. The number of rotatable bonds is 10. The summed E-state index contributed by atoms with van der Waals surface area (Å²) < 4.78 is 23.2. The van der Waals surface area contributed by atoms with E-state index in [0.717, 1.165) is 10.5 Å². The molecule has 0 amide bonds. The van der Waals surface area contributed by atoms with Crippen LogP contribution in [0.5, 0.6) is 0 Å². The summed E-state index contributed by atoms with van der Waals surface area (Å²) in [7, 11) is 3.09. The summed E-state index contributed by atoms with van der Waals surface area (Å²) in [5.74, 6) is 0. The summed E-state index contributed by atoms with van der Waals surface area (Å²) in [5.41, 5.74) is 1.00. The molecule has 0 spiro atoms. The summed E-state index contributed by atoms with van der Waals surface area (Å²) >= 11 is 1.41. The molecule has 0 bridgehead atoms. The van der Waals surface area contributed by atoms with Crippen molar-refractivity contribution in [1.82, 2.24) is 0 Å². The molecule has 29 heavy (non-hydrogen) atoms. The maximum Gasteiger partial charge on any atom is 0.218 e. The van der Waals surface area contributed by atoms with Crippen LogP contribution in [-0.2, 0) is 25.6 Å². The van der Waals surface area contributed by atoms with Crippen LogP contribution in [-0.4, -0.2) is 55.5 Å². The molecule has 0 unspecified atom stereocenters. The van der Waals surface area contributed by atoms with Gasteiger partial charge in [0, 0.05) is 24.0 Å². The van der Waals surface area contributed by atoms with Crippen LogP contribution < -0.4 is 0 Å². The standard InChI is InChI=1S/C21H25NO6S/c1-25-20-19(27-14-15-9-5-3-6-10-15)18(28-21(20)26-2)17(13-22(23)24)29-16-11-7-4-8-12-16/h3-12,17-21H,13-14H2,1-2H3/t17-,18-,19+,20-,21+/m1/s1. The van der Waals surface area contributed by atoms with Crippen molar-refractivity contribution in [3.63, 3.8) is 0 Å². The van der Waals surface area contributed by atoms with Crippen molar-refractivity contribution >= 4 is 11.8 Å². The Hall–Kier alpha value is -1.97. The zero-order valence-electron chi connectivity index (χ0n) is 16.4. The van der Waals surface area contributed by atoms with Crippen LogP contribution in [0.1, 0.15) is 5.56 Å². The Balaban J connectivity index is 1.82. The predicted molar refractivity (Wildman–Crippen MR) is 109 cm³/mol. The van der Waals surface area contributed by atoms with Gasteiger partial charge in [0.05, 0.1) is 6.61 Å². The van der Waals surface area contributed by atoms with Gasteiger partial charge in [-0.25, -0.2) is 0 Å². The second-order valence-corrected chi connectivity index (χ2v) is 7.96. The van der Waals surface area contributed by atoms with Gasteiger partial charge in [0.15, 0.2) is 6.29 Å². The van der Waals surface area contributed by atoms with E-state index >= 15 is 0 Å². The van der Waals surface area contributed by atoms with Gasteiger partial charge >= 0.3 is 0 Å². The molecule has 2 aromatic carbocycles. The normalized spacial score (nSPS) is 25.0. The van der Waals surface area contributed by atoms with Gasteiger partial charge < -0.3 is 18.9 Å². The number of thioether (sulfide) groups is 1. The number of methoxy groups -OCH3 is 2. The average molecular weight is 419 g/mol. The van der Waals surface area contributed by atoms with Crippen LogP contribution in [0.3, 0.4) is 0 Å². The Labute approximate surface area is 174 Å². The van der Waals surface area contributed by atoms with Gasteiger partial charge in [-0.15, -0.1) is 11.8 Å². The minimum Gasteiger partial charge on any atom is -0.373 e. The zero-order chi connectivity index (χ0) is 20.6. The number of hydrogen-bond acceptors (Lipinski definition) is 7. The lowest BCUT2D eigenvalue weighted by Gasteiger charge is -2.26. The molecule has 0 saturated carbocycles. The minimum absolute atomic E-state index is 0.262. The largest absolute Gasteiger partial charge is 0.373 e. The third kappa shape index (κ3) is 5.77. The van der Waals surface area contributed by atoms with E-state index in [9.17, 15) is 10.1 Å². The van der Waals surface area contributed by atoms with Crippen molar-refractivity contribution in [2.24, 2.45) is 0 Å². The molecule has 2 aromatic rings. The minimum atomic E-state index is -0.656. The number of nitro groups is 1. The van der Waals surface area contributed by atoms with Crippen molar-refractivity contribution in [3.05, 3.63) is 76.3 Å². The molecule has 8 heteroatoms. The van der Waals surface area contributed by atoms with Crippen molar-refractivity contribution in [2.75, 3.05) is 20.8 Å². The summed E-state index contributed by atoms with van der Waals surface area (Å²) in [6.07, 6.45) is -2.22. The smallest absolute Gasteiger partial charge is 0.218 e. The van der Waals surface area contributed by atoms with E-state index in [1.807, 2.05) is 60.7 Å². The molecule has 5 atom stereocenters. The molecule has 7 nitrogen and oxygen atoms in total. The van der Waals surface area contributed by atoms with Gasteiger partial charge in [0.2, 0.25) is 6.54 Å². The van der Waals surface area contributed by atoms with Crippen molar-refractivity contribution in [1.29, 1.82) is 0 Å². The number of ether oxygens (including phenoxy) is 4. The van der Waals surface area contributed by atoms with Crippen LogP contribution >= 0.6 is 11.8 Å². The number of hydrogen-bond donors (Lipinski definition) is 0. The average Bonchev–Trinajstić information content (AvgIpc) is 3.10. The highest BCUT2D eigenvalue weighted by atomic mass is 32.2. The van der Waals surface area contributed by atoms with Crippen LogP contribution in [0, 0.1) is 10.1 Å². The van der Waals surface area contributed by atoms with E-state index in [1.54, 1.807) is 7.11 Å². The summed E-state index contributed by atoms with van der Waals surface area (Å²) in [5, 5.41) is 10.9. The van der Waals surface area contributed by atoms with Gasteiger partial charge in [-0.3, -0.25) is 10.1 Å². The Morgan fingerprint density at radius 2 is 1.69 bits per heavy atom. The Morgan fingerprint density at radius 3 is 2.28 bits per heavy atom.